The van der Waals surface area contributed by atoms with Gasteiger partial charge in [0, 0.05) is 19.4 Å². The van der Waals surface area contributed by atoms with Crippen molar-refractivity contribution in [2.24, 2.45) is 0 Å². The van der Waals surface area contributed by atoms with Crippen LogP contribution >= 0.6 is 0 Å². The lowest BCUT2D eigenvalue weighted by atomic mass is 10.1. The molecule has 0 saturated heterocycles. The highest BCUT2D eigenvalue weighted by atomic mass is 16.2. The van der Waals surface area contributed by atoms with Crippen molar-refractivity contribution >= 4 is 22.8 Å². The van der Waals surface area contributed by atoms with E-state index in [2.05, 4.69) is 20.6 Å². The first-order valence-corrected chi connectivity index (χ1v) is 7.65. The van der Waals surface area contributed by atoms with Crippen LogP contribution in [0.3, 0.4) is 0 Å². The molecule has 1 atom stereocenters. The van der Waals surface area contributed by atoms with Crippen LogP contribution in [0, 0.1) is 0 Å². The molecule has 0 aliphatic rings. The minimum Gasteiger partial charge on any atom is -0.359 e. The second kappa shape index (κ2) is 6.96. The van der Waals surface area contributed by atoms with Crippen molar-refractivity contribution in [3.8, 4) is 0 Å². The van der Waals surface area contributed by atoms with Crippen LogP contribution in [0.5, 0.6) is 0 Å². The maximum absolute atomic E-state index is 12.6. The number of hydrogen-bond acceptors (Lipinski definition) is 4. The van der Waals surface area contributed by atoms with E-state index in [1.807, 2.05) is 6.07 Å². The minimum absolute atomic E-state index is 0.101. The van der Waals surface area contributed by atoms with Gasteiger partial charge in [-0.3, -0.25) is 19.4 Å². The molecule has 25 heavy (non-hydrogen) atoms. The molecule has 2 aromatic heterocycles. The first kappa shape index (κ1) is 16.4. The van der Waals surface area contributed by atoms with Crippen molar-refractivity contribution in [1.82, 2.24) is 20.6 Å². The molecule has 1 aromatic carbocycles. The van der Waals surface area contributed by atoms with Gasteiger partial charge in [-0.05, 0) is 17.7 Å². The Morgan fingerprint density at radius 3 is 2.60 bits per heavy atom. The van der Waals surface area contributed by atoms with Gasteiger partial charge in [-0.2, -0.15) is 0 Å². The highest BCUT2D eigenvalue weighted by molar-refractivity contribution is 5.99. The zero-order valence-electron chi connectivity index (χ0n) is 13.4. The molecule has 0 fully saturated rings. The lowest BCUT2D eigenvalue weighted by molar-refractivity contribution is -0.122. The normalized spacial score (nSPS) is 11.7. The third kappa shape index (κ3) is 3.25. The van der Waals surface area contributed by atoms with Crippen LogP contribution in [0.1, 0.15) is 22.0 Å². The maximum atomic E-state index is 12.6. The molecule has 0 unspecified atom stereocenters. The van der Waals surface area contributed by atoms with Gasteiger partial charge in [0.05, 0.1) is 5.52 Å². The van der Waals surface area contributed by atoms with Crippen molar-refractivity contribution < 1.29 is 9.59 Å². The summed E-state index contributed by atoms with van der Waals surface area (Å²) in [7, 11) is 1.48. The summed E-state index contributed by atoms with van der Waals surface area (Å²) in [5, 5.41) is 5.12. The summed E-state index contributed by atoms with van der Waals surface area (Å²) in [4.78, 5) is 44.1. The van der Waals surface area contributed by atoms with Gasteiger partial charge in [0.15, 0.2) is 0 Å². The number of fused-ring (bicyclic) bond motifs is 1. The molecule has 7 nitrogen and oxygen atoms in total. The van der Waals surface area contributed by atoms with E-state index in [-0.39, 0.29) is 17.0 Å². The summed E-state index contributed by atoms with van der Waals surface area (Å²) in [6, 6.07) is 11.3. The van der Waals surface area contributed by atoms with Crippen molar-refractivity contribution in [1.29, 1.82) is 0 Å². The molecule has 2 amide bonds. The van der Waals surface area contributed by atoms with Gasteiger partial charge < -0.3 is 15.6 Å². The molecule has 3 N–H and O–H groups in total. The molecule has 2 heterocycles. The molecular formula is C18H16N4O3. The van der Waals surface area contributed by atoms with Crippen LogP contribution in [0.2, 0.25) is 0 Å². The number of hydrogen-bond donors (Lipinski definition) is 3. The average molecular weight is 336 g/mol. The van der Waals surface area contributed by atoms with E-state index in [9.17, 15) is 14.4 Å². The van der Waals surface area contributed by atoms with Crippen LogP contribution in [0.25, 0.3) is 11.0 Å². The van der Waals surface area contributed by atoms with Crippen LogP contribution in [-0.4, -0.2) is 28.8 Å². The number of amides is 2. The van der Waals surface area contributed by atoms with Gasteiger partial charge in [-0.1, -0.05) is 30.3 Å². The van der Waals surface area contributed by atoms with Crippen LogP contribution in [-0.2, 0) is 4.79 Å². The molecule has 0 radical (unpaired) electrons. The van der Waals surface area contributed by atoms with Crippen molar-refractivity contribution in [3.05, 3.63) is 76.2 Å². The van der Waals surface area contributed by atoms with Crippen molar-refractivity contribution in [2.75, 3.05) is 7.05 Å². The molecule has 3 rings (SSSR count). The summed E-state index contributed by atoms with van der Waals surface area (Å²) in [5.74, 6) is -1.03. The van der Waals surface area contributed by atoms with Crippen LogP contribution in [0.15, 0.2) is 59.7 Å². The second-order valence-corrected chi connectivity index (χ2v) is 5.36. The van der Waals surface area contributed by atoms with Gasteiger partial charge in [-0.25, -0.2) is 0 Å². The number of rotatable bonds is 4. The van der Waals surface area contributed by atoms with E-state index < -0.39 is 17.4 Å². The fourth-order valence-electron chi connectivity index (χ4n) is 2.51. The Bertz CT molecular complexity index is 982. The number of H-pyrrole nitrogens is 1. The maximum Gasteiger partial charge on any atom is 0.257 e. The van der Waals surface area contributed by atoms with Gasteiger partial charge >= 0.3 is 0 Å². The molecule has 0 bridgehead atoms. The SMILES string of the molecule is CNC(=O)[C@H](NC(=O)c1c[nH]c2cccnc2c1=O)c1ccccc1. The van der Waals surface area contributed by atoms with Crippen LogP contribution in [0.4, 0.5) is 0 Å². The summed E-state index contributed by atoms with van der Waals surface area (Å²) in [6.07, 6.45) is 2.81. The first-order valence-electron chi connectivity index (χ1n) is 7.65. The number of carbonyl (C=O) groups excluding carboxylic acids is 2. The zero-order chi connectivity index (χ0) is 17.8. The zero-order valence-corrected chi connectivity index (χ0v) is 13.4. The Hall–Kier alpha value is -3.48. The van der Waals surface area contributed by atoms with Crippen molar-refractivity contribution in [2.45, 2.75) is 6.04 Å². The highest BCUT2D eigenvalue weighted by Gasteiger charge is 2.24. The molecule has 126 valence electrons. The number of benzene rings is 1. The molecule has 0 spiro atoms. The minimum atomic E-state index is -0.905. The second-order valence-electron chi connectivity index (χ2n) is 5.36. The number of pyridine rings is 2. The summed E-state index contributed by atoms with van der Waals surface area (Å²) in [6.45, 7) is 0. The highest BCUT2D eigenvalue weighted by Crippen LogP contribution is 2.13. The number of aromatic amines is 1. The Balaban J connectivity index is 1.96. The average Bonchev–Trinajstić information content (AvgIpc) is 2.66. The Morgan fingerprint density at radius 2 is 1.88 bits per heavy atom. The molecule has 0 aliphatic carbocycles. The number of likely N-dealkylation sites (N-methyl/N-ethyl adjacent to an activating group) is 1. The Labute approximate surface area is 143 Å². The van der Waals surface area contributed by atoms with Gasteiger partial charge in [0.1, 0.15) is 17.1 Å². The fourth-order valence-corrected chi connectivity index (χ4v) is 2.51. The van der Waals surface area contributed by atoms with E-state index in [4.69, 9.17) is 0 Å². The number of carbonyl (C=O) groups is 2. The molecule has 3 aromatic rings. The Kier molecular flexibility index (Phi) is 4.56. The lowest BCUT2D eigenvalue weighted by Crippen LogP contribution is -2.40. The standard InChI is InChI=1S/C18H16N4O3/c1-19-18(25)14(11-6-3-2-4-7-11)22-17(24)12-10-21-13-8-5-9-20-15(13)16(12)23/h2-10,14H,1H3,(H,19,25)(H,21,23)(H,22,24)/t14-/m1/s1. The molecular weight excluding hydrogens is 320 g/mol. The Morgan fingerprint density at radius 1 is 1.12 bits per heavy atom. The first-order chi connectivity index (χ1) is 12.1. The molecule has 0 aliphatic heterocycles. The van der Waals surface area contributed by atoms with Crippen LogP contribution < -0.4 is 16.1 Å². The summed E-state index contributed by atoms with van der Waals surface area (Å²) in [5.41, 5.74) is 0.735. The largest absolute Gasteiger partial charge is 0.359 e. The van der Waals surface area contributed by atoms with E-state index in [1.165, 1.54) is 19.4 Å². The summed E-state index contributed by atoms with van der Waals surface area (Å²) >= 11 is 0. The predicted octanol–water partition coefficient (Wildman–Crippen LogP) is 1.14. The lowest BCUT2D eigenvalue weighted by Gasteiger charge is -2.17. The fraction of sp³-hybridized carbons (Fsp3) is 0.111. The van der Waals surface area contributed by atoms with E-state index in [1.54, 1.807) is 36.4 Å². The topological polar surface area (TPSA) is 104 Å². The van der Waals surface area contributed by atoms with Gasteiger partial charge in [-0.15, -0.1) is 0 Å². The monoisotopic (exact) mass is 336 g/mol. The van der Waals surface area contributed by atoms with Gasteiger partial charge in [0.25, 0.3) is 5.91 Å². The van der Waals surface area contributed by atoms with E-state index >= 15 is 0 Å². The third-order valence-corrected chi connectivity index (χ3v) is 3.80. The van der Waals surface area contributed by atoms with Gasteiger partial charge in [0.2, 0.25) is 11.3 Å². The number of nitrogens with zero attached hydrogens (tertiary/aromatic N) is 1. The quantitative estimate of drug-likeness (QED) is 0.664. The predicted molar refractivity (Wildman–Crippen MR) is 93.1 cm³/mol. The van der Waals surface area contributed by atoms with E-state index in [0.717, 1.165) is 0 Å². The third-order valence-electron chi connectivity index (χ3n) is 3.80. The smallest absolute Gasteiger partial charge is 0.257 e. The molecule has 7 heteroatoms. The van der Waals surface area contributed by atoms with E-state index in [0.29, 0.717) is 11.1 Å². The number of nitrogens with one attached hydrogen (secondary N) is 3. The summed E-state index contributed by atoms with van der Waals surface area (Å²) < 4.78 is 0. The molecule has 0 saturated carbocycles. The van der Waals surface area contributed by atoms with Crippen molar-refractivity contribution in [3.63, 3.8) is 0 Å². The number of aromatic nitrogens is 2.